The average molecular weight is 294 g/mol. The predicted molar refractivity (Wildman–Crippen MR) is 87.5 cm³/mol. The lowest BCUT2D eigenvalue weighted by Gasteiger charge is -2.33. The third kappa shape index (κ3) is 4.61. The van der Waals surface area contributed by atoms with E-state index in [2.05, 4.69) is 50.9 Å². The maximum absolute atomic E-state index is 9.48. The fourth-order valence-electron chi connectivity index (χ4n) is 2.18. The predicted octanol–water partition coefficient (Wildman–Crippen LogP) is 3.60. The van der Waals surface area contributed by atoms with E-state index in [1.54, 1.807) is 0 Å². The molecule has 1 aromatic carbocycles. The van der Waals surface area contributed by atoms with E-state index in [0.29, 0.717) is 0 Å². The Morgan fingerprint density at radius 1 is 1.20 bits per heavy atom. The molecule has 0 heterocycles. The van der Waals surface area contributed by atoms with Crippen molar-refractivity contribution in [2.75, 3.05) is 19.0 Å². The molecule has 1 unspecified atom stereocenters. The van der Waals surface area contributed by atoms with E-state index in [-0.39, 0.29) is 18.1 Å². The van der Waals surface area contributed by atoms with Gasteiger partial charge in [-0.25, -0.2) is 0 Å². The Balaban J connectivity index is 3.28. The van der Waals surface area contributed by atoms with Crippen molar-refractivity contribution in [1.29, 1.82) is 0 Å². The number of aliphatic hydroxyl groups excluding tert-OH is 1. The number of aliphatic hydroxyl groups is 1. The summed E-state index contributed by atoms with van der Waals surface area (Å²) in [6, 6.07) is 6.25. The highest BCUT2D eigenvalue weighted by Gasteiger charge is 2.28. The largest absolute Gasteiger partial charge is 0.410 e. The average Bonchev–Trinajstić information content (AvgIpc) is 2.33. The standard InChI is InChI=1S/C16H28NO2Si/c1-16(2,3)15(19-20(6)7)13-8-12(11-18)9-14(10-13)17(4)5/h8-10,15,18H,11H2,1-7H3. The molecule has 0 spiro atoms. The monoisotopic (exact) mass is 294 g/mol. The van der Waals surface area contributed by atoms with E-state index in [1.807, 2.05) is 20.2 Å². The molecule has 0 aliphatic heterocycles. The zero-order valence-corrected chi connectivity index (χ0v) is 14.8. The van der Waals surface area contributed by atoms with Crippen LogP contribution in [-0.2, 0) is 11.0 Å². The first kappa shape index (κ1) is 17.2. The maximum atomic E-state index is 9.48. The normalized spacial score (nSPS) is 13.7. The van der Waals surface area contributed by atoms with Crippen LogP contribution in [0.5, 0.6) is 0 Å². The van der Waals surface area contributed by atoms with Gasteiger partial charge in [-0.1, -0.05) is 26.8 Å². The highest BCUT2D eigenvalue weighted by atomic mass is 28.3. The number of benzene rings is 1. The topological polar surface area (TPSA) is 32.7 Å². The summed E-state index contributed by atoms with van der Waals surface area (Å²) in [6.07, 6.45) is 0.0524. The molecule has 1 radical (unpaired) electrons. The second-order valence-electron chi connectivity index (χ2n) is 6.76. The Labute approximate surface area is 125 Å². The van der Waals surface area contributed by atoms with E-state index in [0.717, 1.165) is 16.8 Å². The van der Waals surface area contributed by atoms with Crippen molar-refractivity contribution in [1.82, 2.24) is 0 Å². The fourth-order valence-corrected chi connectivity index (χ4v) is 3.14. The fraction of sp³-hybridized carbons (Fsp3) is 0.625. The summed E-state index contributed by atoms with van der Waals surface area (Å²) in [7, 11) is 3.24. The molecule has 1 rings (SSSR count). The number of hydrogen-bond donors (Lipinski definition) is 1. The van der Waals surface area contributed by atoms with Crippen molar-refractivity contribution in [3.63, 3.8) is 0 Å². The molecule has 113 valence electrons. The number of rotatable bonds is 5. The number of nitrogens with zero attached hydrogens (tertiary/aromatic N) is 1. The van der Waals surface area contributed by atoms with Crippen molar-refractivity contribution in [2.24, 2.45) is 5.41 Å². The van der Waals surface area contributed by atoms with Crippen LogP contribution in [0.4, 0.5) is 5.69 Å². The first-order valence-electron chi connectivity index (χ1n) is 7.04. The molecular weight excluding hydrogens is 266 g/mol. The second kappa shape index (κ2) is 6.74. The molecule has 0 saturated heterocycles. The Kier molecular flexibility index (Phi) is 5.80. The zero-order valence-electron chi connectivity index (χ0n) is 13.8. The Bertz CT molecular complexity index is 439. The van der Waals surface area contributed by atoms with Crippen molar-refractivity contribution in [3.8, 4) is 0 Å². The minimum Gasteiger partial charge on any atom is -0.410 e. The van der Waals surface area contributed by atoms with Crippen LogP contribution < -0.4 is 4.90 Å². The molecule has 1 atom stereocenters. The van der Waals surface area contributed by atoms with Crippen LogP contribution in [0, 0.1) is 5.41 Å². The molecule has 3 nitrogen and oxygen atoms in total. The van der Waals surface area contributed by atoms with Gasteiger partial charge < -0.3 is 14.4 Å². The molecule has 0 bridgehead atoms. The first-order chi connectivity index (χ1) is 9.15. The van der Waals surface area contributed by atoms with Crippen LogP contribution in [-0.4, -0.2) is 28.2 Å². The van der Waals surface area contributed by atoms with Gasteiger partial charge in [-0.15, -0.1) is 0 Å². The van der Waals surface area contributed by atoms with Crippen LogP contribution in [0.3, 0.4) is 0 Å². The molecule has 0 saturated carbocycles. The van der Waals surface area contributed by atoms with Gasteiger partial charge in [-0.05, 0) is 41.8 Å². The van der Waals surface area contributed by atoms with Gasteiger partial charge in [0.1, 0.15) is 0 Å². The van der Waals surface area contributed by atoms with E-state index < -0.39 is 9.04 Å². The lowest BCUT2D eigenvalue weighted by atomic mass is 9.84. The molecule has 1 N–H and O–H groups in total. The maximum Gasteiger partial charge on any atom is 0.205 e. The smallest absolute Gasteiger partial charge is 0.205 e. The van der Waals surface area contributed by atoms with Crippen LogP contribution in [0.15, 0.2) is 18.2 Å². The Morgan fingerprint density at radius 3 is 2.20 bits per heavy atom. The Morgan fingerprint density at radius 2 is 1.80 bits per heavy atom. The summed E-state index contributed by atoms with van der Waals surface area (Å²) in [5.41, 5.74) is 3.22. The molecule has 1 aromatic rings. The quantitative estimate of drug-likeness (QED) is 0.842. The Hall–Kier alpha value is -0.843. The molecule has 0 aliphatic rings. The molecule has 4 heteroatoms. The van der Waals surface area contributed by atoms with E-state index in [1.165, 1.54) is 0 Å². The molecule has 0 aliphatic carbocycles. The van der Waals surface area contributed by atoms with Gasteiger partial charge in [0.05, 0.1) is 12.7 Å². The summed E-state index contributed by atoms with van der Waals surface area (Å²) in [6.45, 7) is 11.0. The van der Waals surface area contributed by atoms with Crippen molar-refractivity contribution in [2.45, 2.75) is 46.6 Å². The zero-order chi connectivity index (χ0) is 15.5. The van der Waals surface area contributed by atoms with Crippen LogP contribution >= 0.6 is 0 Å². The van der Waals surface area contributed by atoms with Crippen molar-refractivity contribution < 1.29 is 9.53 Å². The molecule has 20 heavy (non-hydrogen) atoms. The van der Waals surface area contributed by atoms with Crippen LogP contribution in [0.1, 0.15) is 38.0 Å². The molecule has 0 amide bonds. The third-order valence-corrected chi connectivity index (χ3v) is 3.85. The van der Waals surface area contributed by atoms with Gasteiger partial charge in [0.15, 0.2) is 0 Å². The molecule has 0 aromatic heterocycles. The highest BCUT2D eigenvalue weighted by Crippen LogP contribution is 2.38. The minimum absolute atomic E-state index is 0.0274. The van der Waals surface area contributed by atoms with Crippen molar-refractivity contribution >= 4 is 14.7 Å². The first-order valence-corrected chi connectivity index (χ1v) is 9.45. The van der Waals surface area contributed by atoms with Gasteiger partial charge in [-0.3, -0.25) is 0 Å². The number of hydrogen-bond acceptors (Lipinski definition) is 3. The van der Waals surface area contributed by atoms with E-state index in [9.17, 15) is 5.11 Å². The summed E-state index contributed by atoms with van der Waals surface area (Å²) in [4.78, 5) is 2.06. The third-order valence-electron chi connectivity index (χ3n) is 3.14. The molecule has 0 fully saturated rings. The van der Waals surface area contributed by atoms with Gasteiger partial charge in [0.25, 0.3) is 0 Å². The van der Waals surface area contributed by atoms with Gasteiger partial charge in [0.2, 0.25) is 9.04 Å². The van der Waals surface area contributed by atoms with E-state index >= 15 is 0 Å². The van der Waals surface area contributed by atoms with E-state index in [4.69, 9.17) is 4.43 Å². The van der Waals surface area contributed by atoms with Crippen LogP contribution in [0.2, 0.25) is 13.1 Å². The van der Waals surface area contributed by atoms with Gasteiger partial charge in [-0.2, -0.15) is 0 Å². The van der Waals surface area contributed by atoms with Gasteiger partial charge in [0, 0.05) is 19.8 Å². The van der Waals surface area contributed by atoms with Crippen LogP contribution in [0.25, 0.3) is 0 Å². The molecular formula is C16H28NO2Si. The lowest BCUT2D eigenvalue weighted by molar-refractivity contribution is 0.0864. The minimum atomic E-state index is -0.791. The summed E-state index contributed by atoms with van der Waals surface area (Å²) >= 11 is 0. The SMILES string of the molecule is CN(C)c1cc(CO)cc(C(O[Si](C)C)C(C)(C)C)c1. The summed E-state index contributed by atoms with van der Waals surface area (Å²) < 4.78 is 6.24. The van der Waals surface area contributed by atoms with Gasteiger partial charge >= 0.3 is 0 Å². The summed E-state index contributed by atoms with van der Waals surface area (Å²) in [5.74, 6) is 0. The lowest BCUT2D eigenvalue weighted by Crippen LogP contribution is -2.26. The highest BCUT2D eigenvalue weighted by molar-refractivity contribution is 6.48. The van der Waals surface area contributed by atoms with Crippen molar-refractivity contribution in [3.05, 3.63) is 29.3 Å². The summed E-state index contributed by atoms with van der Waals surface area (Å²) in [5, 5.41) is 9.48. The number of anilines is 1. The second-order valence-corrected chi connectivity index (χ2v) is 8.81.